The van der Waals surface area contributed by atoms with Gasteiger partial charge in [-0.1, -0.05) is 11.6 Å². The molecular formula is C15H10ClF3O2. The fraction of sp³-hybridized carbons (Fsp3) is 0.133. The second kappa shape index (κ2) is 6.63. The van der Waals surface area contributed by atoms with E-state index in [1.54, 1.807) is 0 Å². The summed E-state index contributed by atoms with van der Waals surface area (Å²) in [4.78, 5) is 12.0. The molecule has 0 heterocycles. The minimum atomic E-state index is -2.92. The molecule has 0 N–H and O–H groups in total. The molecule has 0 bridgehead atoms. The number of halogens is 4. The second-order valence-electron chi connectivity index (χ2n) is 4.24. The Morgan fingerprint density at radius 3 is 2.43 bits per heavy atom. The highest BCUT2D eigenvalue weighted by Gasteiger charge is 2.11. The van der Waals surface area contributed by atoms with Crippen molar-refractivity contribution in [1.29, 1.82) is 0 Å². The summed E-state index contributed by atoms with van der Waals surface area (Å²) < 4.78 is 41.3. The van der Waals surface area contributed by atoms with Gasteiger partial charge in [0.25, 0.3) is 0 Å². The van der Waals surface area contributed by atoms with E-state index < -0.39 is 12.4 Å². The molecular weight excluding hydrogens is 305 g/mol. The number of hydrogen-bond donors (Lipinski definition) is 0. The van der Waals surface area contributed by atoms with Crippen LogP contribution in [0.2, 0.25) is 5.02 Å². The summed E-state index contributed by atoms with van der Waals surface area (Å²) in [5.41, 5.74) is 0.673. The number of carbonyl (C=O) groups excluding carboxylic acids is 1. The van der Waals surface area contributed by atoms with Crippen LogP contribution in [0.25, 0.3) is 0 Å². The molecule has 0 amide bonds. The second-order valence-corrected chi connectivity index (χ2v) is 4.65. The third-order valence-corrected chi connectivity index (χ3v) is 3.13. The van der Waals surface area contributed by atoms with Gasteiger partial charge in [0.1, 0.15) is 11.6 Å². The first-order valence-corrected chi connectivity index (χ1v) is 6.35. The van der Waals surface area contributed by atoms with Gasteiger partial charge in [-0.05, 0) is 48.0 Å². The predicted octanol–water partition coefficient (Wildman–Crippen LogP) is 4.51. The van der Waals surface area contributed by atoms with Crippen LogP contribution in [-0.4, -0.2) is 12.4 Å². The zero-order valence-electron chi connectivity index (χ0n) is 10.7. The van der Waals surface area contributed by atoms with Crippen LogP contribution < -0.4 is 4.74 Å². The normalized spacial score (nSPS) is 10.7. The molecule has 110 valence electrons. The zero-order valence-corrected chi connectivity index (χ0v) is 11.4. The first kappa shape index (κ1) is 15.4. The Kier molecular flexibility index (Phi) is 4.85. The molecule has 0 atom stereocenters. The Morgan fingerprint density at radius 2 is 1.81 bits per heavy atom. The number of carbonyl (C=O) groups is 1. The van der Waals surface area contributed by atoms with Crippen LogP contribution >= 0.6 is 11.6 Å². The lowest BCUT2D eigenvalue weighted by molar-refractivity contribution is -0.0498. The molecule has 0 aliphatic heterocycles. The number of ether oxygens (including phenoxy) is 1. The van der Waals surface area contributed by atoms with E-state index in [9.17, 15) is 18.0 Å². The van der Waals surface area contributed by atoms with Crippen molar-refractivity contribution in [2.45, 2.75) is 13.0 Å². The quantitative estimate of drug-likeness (QED) is 0.759. The number of alkyl halides is 2. The van der Waals surface area contributed by atoms with Gasteiger partial charge in [-0.3, -0.25) is 4.79 Å². The maximum absolute atomic E-state index is 13.1. The Hall–Kier alpha value is -2.01. The Labute approximate surface area is 124 Å². The van der Waals surface area contributed by atoms with Crippen molar-refractivity contribution in [2.75, 3.05) is 0 Å². The van der Waals surface area contributed by atoms with Crippen molar-refractivity contribution in [3.05, 3.63) is 64.4 Å². The van der Waals surface area contributed by atoms with E-state index >= 15 is 0 Å². The van der Waals surface area contributed by atoms with Gasteiger partial charge in [0.15, 0.2) is 5.78 Å². The minimum Gasteiger partial charge on any atom is -0.435 e. The number of Topliss-reactive ketones (excluding diaryl/α,β-unsaturated/α-hetero) is 1. The Bertz CT molecular complexity index is 642. The molecule has 2 nitrogen and oxygen atoms in total. The summed E-state index contributed by atoms with van der Waals surface area (Å²) in [6, 6.07) is 9.04. The van der Waals surface area contributed by atoms with Gasteiger partial charge in [0.05, 0.1) is 0 Å². The molecule has 0 aliphatic rings. The monoisotopic (exact) mass is 314 g/mol. The highest BCUT2D eigenvalue weighted by Crippen LogP contribution is 2.20. The van der Waals surface area contributed by atoms with E-state index in [0.29, 0.717) is 16.1 Å². The van der Waals surface area contributed by atoms with Gasteiger partial charge in [0.2, 0.25) is 0 Å². The van der Waals surface area contributed by atoms with Crippen molar-refractivity contribution >= 4 is 17.4 Å². The highest BCUT2D eigenvalue weighted by molar-refractivity contribution is 6.31. The molecule has 6 heteroatoms. The van der Waals surface area contributed by atoms with Crippen LogP contribution in [0.5, 0.6) is 5.75 Å². The van der Waals surface area contributed by atoms with E-state index in [2.05, 4.69) is 4.74 Å². The lowest BCUT2D eigenvalue weighted by Crippen LogP contribution is -2.05. The van der Waals surface area contributed by atoms with Crippen LogP contribution in [0.15, 0.2) is 42.5 Å². The van der Waals surface area contributed by atoms with Crippen LogP contribution in [0.4, 0.5) is 13.2 Å². The van der Waals surface area contributed by atoms with Crippen LogP contribution in [0, 0.1) is 5.82 Å². The van der Waals surface area contributed by atoms with E-state index in [-0.39, 0.29) is 18.0 Å². The summed E-state index contributed by atoms with van der Waals surface area (Å²) in [5.74, 6) is -0.820. The van der Waals surface area contributed by atoms with Gasteiger partial charge in [0, 0.05) is 17.0 Å². The molecule has 2 aromatic rings. The van der Waals surface area contributed by atoms with Crippen molar-refractivity contribution in [3.63, 3.8) is 0 Å². The maximum Gasteiger partial charge on any atom is 0.387 e. The molecule has 21 heavy (non-hydrogen) atoms. The number of rotatable bonds is 5. The summed E-state index contributed by atoms with van der Waals surface area (Å²) in [6.45, 7) is -2.92. The van der Waals surface area contributed by atoms with Gasteiger partial charge in [-0.15, -0.1) is 0 Å². The zero-order chi connectivity index (χ0) is 15.4. The summed E-state index contributed by atoms with van der Waals surface area (Å²) in [7, 11) is 0. The molecule has 0 fully saturated rings. The average molecular weight is 315 g/mol. The topological polar surface area (TPSA) is 26.3 Å². The predicted molar refractivity (Wildman–Crippen MR) is 72.5 cm³/mol. The van der Waals surface area contributed by atoms with E-state index in [4.69, 9.17) is 11.6 Å². The van der Waals surface area contributed by atoms with E-state index in [1.165, 1.54) is 42.5 Å². The molecule has 0 saturated carbocycles. The first-order valence-electron chi connectivity index (χ1n) is 5.97. The van der Waals surface area contributed by atoms with Crippen molar-refractivity contribution in [2.24, 2.45) is 0 Å². The first-order chi connectivity index (χ1) is 9.95. The molecule has 0 unspecified atom stereocenters. The third kappa shape index (κ3) is 4.23. The van der Waals surface area contributed by atoms with Crippen LogP contribution in [-0.2, 0) is 6.42 Å². The lowest BCUT2D eigenvalue weighted by Gasteiger charge is -2.06. The van der Waals surface area contributed by atoms with E-state index in [0.717, 1.165) is 0 Å². The van der Waals surface area contributed by atoms with Crippen LogP contribution in [0.3, 0.4) is 0 Å². The third-order valence-electron chi connectivity index (χ3n) is 2.76. The molecule has 2 aromatic carbocycles. The summed E-state index contributed by atoms with van der Waals surface area (Å²) in [5, 5.41) is 0.294. The molecule has 0 saturated heterocycles. The van der Waals surface area contributed by atoms with Gasteiger partial charge in [-0.25, -0.2) is 4.39 Å². The van der Waals surface area contributed by atoms with E-state index in [1.807, 2.05) is 0 Å². The minimum absolute atomic E-state index is 0.0367. The average Bonchev–Trinajstić information content (AvgIpc) is 2.43. The largest absolute Gasteiger partial charge is 0.435 e. The molecule has 0 aromatic heterocycles. The maximum atomic E-state index is 13.1. The van der Waals surface area contributed by atoms with Gasteiger partial charge < -0.3 is 4.74 Å². The fourth-order valence-corrected chi connectivity index (χ4v) is 1.96. The standard InChI is InChI=1S/C15H10ClF3O2/c16-13-6-3-11(17)7-10(13)8-14(20)9-1-4-12(5-2-9)21-15(18)19/h1-7,15H,8H2. The Balaban J connectivity index is 2.11. The van der Waals surface area contributed by atoms with Crippen molar-refractivity contribution < 1.29 is 22.7 Å². The molecule has 0 spiro atoms. The van der Waals surface area contributed by atoms with Crippen molar-refractivity contribution in [3.8, 4) is 5.75 Å². The number of benzene rings is 2. The number of hydrogen-bond acceptors (Lipinski definition) is 2. The Morgan fingerprint density at radius 1 is 1.14 bits per heavy atom. The lowest BCUT2D eigenvalue weighted by atomic mass is 10.0. The molecule has 0 aliphatic carbocycles. The van der Waals surface area contributed by atoms with Crippen molar-refractivity contribution in [1.82, 2.24) is 0 Å². The van der Waals surface area contributed by atoms with Gasteiger partial charge in [-0.2, -0.15) is 8.78 Å². The summed E-state index contributed by atoms with van der Waals surface area (Å²) in [6.07, 6.45) is -0.0777. The smallest absolute Gasteiger partial charge is 0.387 e. The van der Waals surface area contributed by atoms with Crippen LogP contribution in [0.1, 0.15) is 15.9 Å². The molecule has 0 radical (unpaired) electrons. The fourth-order valence-electron chi connectivity index (χ4n) is 1.78. The summed E-state index contributed by atoms with van der Waals surface area (Å²) >= 11 is 5.89. The molecule has 2 rings (SSSR count). The number of ketones is 1. The van der Waals surface area contributed by atoms with Gasteiger partial charge >= 0.3 is 6.61 Å². The SMILES string of the molecule is O=C(Cc1cc(F)ccc1Cl)c1ccc(OC(F)F)cc1. The highest BCUT2D eigenvalue weighted by atomic mass is 35.5.